The van der Waals surface area contributed by atoms with E-state index in [4.69, 9.17) is 11.1 Å². The van der Waals surface area contributed by atoms with Crippen LogP contribution in [0.1, 0.15) is 33.1 Å². The van der Waals surface area contributed by atoms with Crippen LogP contribution in [0.5, 0.6) is 0 Å². The zero-order valence-corrected chi connectivity index (χ0v) is 24.3. The molecule has 0 aliphatic heterocycles. The Morgan fingerprint density at radius 2 is 1.80 bits per heavy atom. The van der Waals surface area contributed by atoms with E-state index in [1.54, 1.807) is 41.1 Å². The van der Waals surface area contributed by atoms with Crippen molar-refractivity contribution in [3.05, 3.63) is 0 Å². The number of nitrogens with zero attached hydrogens (tertiary/aromatic N) is 4. The van der Waals surface area contributed by atoms with Crippen molar-refractivity contribution >= 4 is 58.6 Å². The van der Waals surface area contributed by atoms with Crippen LogP contribution in [0.3, 0.4) is 0 Å². The van der Waals surface area contributed by atoms with Gasteiger partial charge in [0.2, 0.25) is 11.8 Å². The standard InChI is InChI=1S/C18H37BN6O3S.C3H8N2S/c1-13(9-8-10-24(5)14(2)20)11-16(26)25(6)15(12-22-19(3)28)17(27)23-18(21-4)29-7;1-5-3(4)6-2/h13,15,20,22,28H,8-12H2,1-7H3,(H,21,23,27);1-2H3,(H2,4,5)/t13-,15?;/m1./s1. The summed E-state index contributed by atoms with van der Waals surface area (Å²) in [6, 6.07) is -0.764. The van der Waals surface area contributed by atoms with E-state index in [1.807, 2.05) is 25.1 Å². The number of rotatable bonds is 11. The fraction of sp³-hybridized carbons (Fsp3) is 0.762. The van der Waals surface area contributed by atoms with Crippen LogP contribution in [0, 0.1) is 11.3 Å². The van der Waals surface area contributed by atoms with Crippen molar-refractivity contribution in [2.45, 2.75) is 46.0 Å². The summed E-state index contributed by atoms with van der Waals surface area (Å²) in [5.74, 6) is 0.213. The summed E-state index contributed by atoms with van der Waals surface area (Å²) in [6.07, 6.45) is 5.78. The lowest BCUT2D eigenvalue weighted by Gasteiger charge is -2.29. The van der Waals surface area contributed by atoms with Crippen molar-refractivity contribution < 1.29 is 14.6 Å². The Bertz CT molecular complexity index is 710. The van der Waals surface area contributed by atoms with Crippen LogP contribution in [0.25, 0.3) is 0 Å². The molecule has 0 saturated carbocycles. The third kappa shape index (κ3) is 17.3. The second kappa shape index (κ2) is 20.4. The molecule has 0 fully saturated rings. The molecule has 0 bridgehead atoms. The van der Waals surface area contributed by atoms with E-state index in [1.165, 1.54) is 28.4 Å². The molecule has 35 heavy (non-hydrogen) atoms. The number of amidine groups is 3. The van der Waals surface area contributed by atoms with Gasteiger partial charge in [-0.25, -0.2) is 0 Å². The molecule has 0 heterocycles. The Kier molecular flexibility index (Phi) is 20.7. The summed E-state index contributed by atoms with van der Waals surface area (Å²) in [4.78, 5) is 36.4. The van der Waals surface area contributed by atoms with Crippen molar-refractivity contribution in [1.29, 1.82) is 5.41 Å². The van der Waals surface area contributed by atoms with Crippen molar-refractivity contribution in [1.82, 2.24) is 20.3 Å². The van der Waals surface area contributed by atoms with Crippen molar-refractivity contribution in [3.63, 3.8) is 0 Å². The van der Waals surface area contributed by atoms with Crippen LogP contribution in [-0.4, -0.2) is 110 Å². The van der Waals surface area contributed by atoms with E-state index in [0.29, 0.717) is 22.6 Å². The Morgan fingerprint density at radius 1 is 1.20 bits per heavy atom. The maximum absolute atomic E-state index is 12.7. The molecule has 0 aromatic heterocycles. The quantitative estimate of drug-likeness (QED) is 0.150. The van der Waals surface area contributed by atoms with E-state index in [9.17, 15) is 14.6 Å². The molecule has 0 aromatic rings. The summed E-state index contributed by atoms with van der Waals surface area (Å²) in [5, 5.41) is 23.7. The summed E-state index contributed by atoms with van der Waals surface area (Å²) >= 11 is 2.76. The van der Waals surface area contributed by atoms with Crippen LogP contribution in [-0.2, 0) is 9.59 Å². The molecule has 202 valence electrons. The molecule has 0 radical (unpaired) electrons. The second-order valence-corrected chi connectivity index (χ2v) is 9.67. The second-order valence-electron chi connectivity index (χ2n) is 8.05. The van der Waals surface area contributed by atoms with Crippen LogP contribution in [0.15, 0.2) is 9.98 Å². The molecule has 14 heteroatoms. The first-order valence-corrected chi connectivity index (χ1v) is 13.8. The predicted molar refractivity (Wildman–Crippen MR) is 154 cm³/mol. The van der Waals surface area contributed by atoms with Gasteiger partial charge in [0.05, 0.1) is 5.84 Å². The first kappa shape index (κ1) is 35.4. The molecule has 0 spiro atoms. The van der Waals surface area contributed by atoms with Crippen LogP contribution >= 0.6 is 23.5 Å². The number of carbonyl (C=O) groups excluding carboxylic acids is 2. The molecule has 1 unspecified atom stereocenters. The monoisotopic (exact) mass is 532 g/mol. The minimum Gasteiger partial charge on any atom is -0.437 e. The number of amides is 2. The normalized spacial score (nSPS) is 13.2. The molecule has 0 aromatic carbocycles. The maximum atomic E-state index is 12.7. The Balaban J connectivity index is 0. The van der Waals surface area contributed by atoms with E-state index in [0.717, 1.165) is 19.4 Å². The predicted octanol–water partition coefficient (Wildman–Crippen LogP) is 1.01. The van der Waals surface area contributed by atoms with Crippen LogP contribution in [0.2, 0.25) is 6.82 Å². The Morgan fingerprint density at radius 3 is 2.20 bits per heavy atom. The highest BCUT2D eigenvalue weighted by molar-refractivity contribution is 8.13. The third-order valence-electron chi connectivity index (χ3n) is 5.11. The zero-order valence-electron chi connectivity index (χ0n) is 22.7. The molecule has 0 saturated heterocycles. The lowest BCUT2D eigenvalue weighted by Crippen LogP contribution is -2.55. The fourth-order valence-electron chi connectivity index (χ4n) is 2.73. The molecule has 2 atom stereocenters. The highest BCUT2D eigenvalue weighted by Crippen LogP contribution is 2.14. The topological polar surface area (TPSA) is 160 Å². The van der Waals surface area contributed by atoms with Crippen molar-refractivity contribution in [2.75, 3.05) is 53.8 Å². The summed E-state index contributed by atoms with van der Waals surface area (Å²) in [6.45, 7) is 6.24. The van der Waals surface area contributed by atoms with Crippen molar-refractivity contribution in [2.24, 2.45) is 21.6 Å². The van der Waals surface area contributed by atoms with Gasteiger partial charge in [0.25, 0.3) is 0 Å². The SMILES string of the molecule is CN=C(N)SC.CN=C(NC(=O)C(CNB(C)O)N(C)C(=O)C[C@H](C)CCCN(C)C(C)=N)SC. The van der Waals surface area contributed by atoms with E-state index >= 15 is 0 Å². The molecule has 2 amide bonds. The summed E-state index contributed by atoms with van der Waals surface area (Å²) in [7, 11) is 5.96. The van der Waals surface area contributed by atoms with Gasteiger partial charge in [-0.15, -0.1) is 0 Å². The van der Waals surface area contributed by atoms with Gasteiger partial charge in [-0.1, -0.05) is 30.4 Å². The average Bonchev–Trinajstić information content (AvgIpc) is 2.81. The lowest BCUT2D eigenvalue weighted by atomic mass is 9.88. The van der Waals surface area contributed by atoms with Gasteiger partial charge in [-0.3, -0.25) is 25.0 Å². The molecular formula is C21H45BN8O3S2. The minimum atomic E-state index is -0.790. The smallest absolute Gasteiger partial charge is 0.373 e. The highest BCUT2D eigenvalue weighted by atomic mass is 32.2. The molecule has 11 nitrogen and oxygen atoms in total. The molecular weight excluding hydrogens is 487 g/mol. The van der Waals surface area contributed by atoms with Crippen LogP contribution in [0.4, 0.5) is 0 Å². The molecule has 0 aliphatic carbocycles. The number of hydrogen-bond donors (Lipinski definition) is 5. The van der Waals surface area contributed by atoms with Gasteiger partial charge in [0, 0.05) is 47.7 Å². The number of carbonyl (C=O) groups is 2. The number of nitrogens with one attached hydrogen (secondary N) is 3. The Labute approximate surface area is 220 Å². The number of thioether (sulfide) groups is 2. The fourth-order valence-corrected chi connectivity index (χ4v) is 3.30. The van der Waals surface area contributed by atoms with Gasteiger partial charge in [0.15, 0.2) is 10.3 Å². The van der Waals surface area contributed by atoms with Crippen molar-refractivity contribution in [3.8, 4) is 0 Å². The molecule has 0 rings (SSSR count). The number of nitrogens with two attached hydrogens (primary N) is 1. The maximum Gasteiger partial charge on any atom is 0.373 e. The zero-order chi connectivity index (χ0) is 27.6. The summed E-state index contributed by atoms with van der Waals surface area (Å²) in [5.41, 5.74) is 5.19. The first-order chi connectivity index (χ1) is 16.3. The first-order valence-electron chi connectivity index (χ1n) is 11.4. The van der Waals surface area contributed by atoms with E-state index in [2.05, 4.69) is 20.5 Å². The lowest BCUT2D eigenvalue weighted by molar-refractivity contribution is -0.138. The van der Waals surface area contributed by atoms with Crippen LogP contribution < -0.4 is 16.3 Å². The average molecular weight is 533 g/mol. The highest BCUT2D eigenvalue weighted by Gasteiger charge is 2.28. The van der Waals surface area contributed by atoms with Gasteiger partial charge in [0.1, 0.15) is 6.04 Å². The van der Waals surface area contributed by atoms with E-state index in [-0.39, 0.29) is 24.3 Å². The molecule has 6 N–H and O–H groups in total. The largest absolute Gasteiger partial charge is 0.437 e. The van der Waals surface area contributed by atoms with Gasteiger partial charge >= 0.3 is 7.05 Å². The number of hydrogen-bond acceptors (Lipinski definition) is 9. The summed E-state index contributed by atoms with van der Waals surface area (Å²) < 4.78 is 0. The molecule has 0 aliphatic rings. The van der Waals surface area contributed by atoms with Gasteiger partial charge in [-0.05, 0) is 45.0 Å². The number of aliphatic imine (C=N–C) groups is 2. The van der Waals surface area contributed by atoms with Gasteiger partial charge in [-0.2, -0.15) is 0 Å². The van der Waals surface area contributed by atoms with Gasteiger partial charge < -0.3 is 31.1 Å². The van der Waals surface area contributed by atoms with E-state index < -0.39 is 13.1 Å². The minimum absolute atomic E-state index is 0.124. The Hall–Kier alpha value is -1.77. The third-order valence-corrected chi connectivity index (χ3v) is 6.38. The number of likely N-dealkylation sites (N-methyl/N-ethyl adjacent to an activating group) is 1.